The van der Waals surface area contributed by atoms with Crippen LogP contribution in [0.2, 0.25) is 0 Å². The first kappa shape index (κ1) is 21.0. The number of hydrogen-bond donors (Lipinski definition) is 0. The van der Waals surface area contributed by atoms with Crippen LogP contribution in [0.5, 0.6) is 0 Å². The first-order chi connectivity index (χ1) is 15.8. The van der Waals surface area contributed by atoms with Crippen molar-refractivity contribution in [1.82, 2.24) is 19.9 Å². The lowest BCUT2D eigenvalue weighted by molar-refractivity contribution is -0.128. The van der Waals surface area contributed by atoms with E-state index >= 15 is 0 Å². The molecule has 0 N–H and O–H groups in total. The van der Waals surface area contributed by atoms with Crippen molar-refractivity contribution in [3.05, 3.63) is 48.7 Å². The summed E-state index contributed by atoms with van der Waals surface area (Å²) in [5.41, 5.74) is 1.72. The Morgan fingerprint density at radius 1 is 0.875 bits per heavy atom. The summed E-state index contributed by atoms with van der Waals surface area (Å²) < 4.78 is 5.50. The maximum Gasteiger partial charge on any atom is 0.233 e. The van der Waals surface area contributed by atoms with Crippen molar-refractivity contribution in [2.45, 2.75) is 5.03 Å². The minimum Gasteiger partial charge on any atom is -0.378 e. The second kappa shape index (κ2) is 9.70. The lowest BCUT2D eigenvalue weighted by atomic mass is 10.3. The predicted molar refractivity (Wildman–Crippen MR) is 126 cm³/mol. The molecule has 3 aromatic rings. The van der Waals surface area contributed by atoms with Gasteiger partial charge in [0, 0.05) is 45.5 Å². The summed E-state index contributed by atoms with van der Waals surface area (Å²) in [5.74, 6) is 2.31. The minimum absolute atomic E-state index is 0.138. The van der Waals surface area contributed by atoms with Gasteiger partial charge in [-0.15, -0.1) is 0 Å². The van der Waals surface area contributed by atoms with Gasteiger partial charge in [-0.3, -0.25) is 4.79 Å². The van der Waals surface area contributed by atoms with E-state index in [0.29, 0.717) is 32.1 Å². The first-order valence-corrected chi connectivity index (χ1v) is 11.9. The van der Waals surface area contributed by atoms with Crippen LogP contribution in [0.25, 0.3) is 11.0 Å². The van der Waals surface area contributed by atoms with E-state index in [4.69, 9.17) is 14.7 Å². The number of benzene rings is 1. The van der Waals surface area contributed by atoms with Crippen molar-refractivity contribution in [1.29, 1.82) is 0 Å². The third kappa shape index (κ3) is 4.63. The predicted octanol–water partition coefficient (Wildman–Crippen LogP) is 2.30. The molecule has 1 amide bonds. The van der Waals surface area contributed by atoms with E-state index in [1.54, 1.807) is 6.20 Å². The van der Waals surface area contributed by atoms with Crippen LogP contribution >= 0.6 is 11.8 Å². The smallest absolute Gasteiger partial charge is 0.233 e. The largest absolute Gasteiger partial charge is 0.378 e. The van der Waals surface area contributed by atoms with Gasteiger partial charge in [-0.2, -0.15) is 0 Å². The Labute approximate surface area is 191 Å². The van der Waals surface area contributed by atoms with E-state index in [9.17, 15) is 4.79 Å². The van der Waals surface area contributed by atoms with E-state index < -0.39 is 0 Å². The normalized spacial score (nSPS) is 17.1. The van der Waals surface area contributed by atoms with Gasteiger partial charge in [0.2, 0.25) is 5.91 Å². The number of morpholine rings is 1. The monoisotopic (exact) mass is 450 g/mol. The molecule has 0 radical (unpaired) electrons. The first-order valence-electron chi connectivity index (χ1n) is 10.9. The second-order valence-corrected chi connectivity index (χ2v) is 8.75. The summed E-state index contributed by atoms with van der Waals surface area (Å²) >= 11 is 1.48. The molecule has 8 nitrogen and oxygen atoms in total. The maximum atomic E-state index is 13.0. The highest BCUT2D eigenvalue weighted by atomic mass is 32.2. The van der Waals surface area contributed by atoms with Gasteiger partial charge in [0.05, 0.1) is 30.0 Å². The Hall–Kier alpha value is -2.91. The number of thioether (sulfide) groups is 1. The van der Waals surface area contributed by atoms with Gasteiger partial charge in [0.15, 0.2) is 5.82 Å². The number of piperazine rings is 1. The zero-order valence-electron chi connectivity index (χ0n) is 17.9. The fraction of sp³-hybridized carbons (Fsp3) is 0.391. The third-order valence-electron chi connectivity index (χ3n) is 5.77. The molecule has 0 aliphatic carbocycles. The van der Waals surface area contributed by atoms with Crippen molar-refractivity contribution in [2.24, 2.45) is 0 Å². The molecule has 1 aromatic carbocycles. The lowest BCUT2D eigenvalue weighted by Crippen LogP contribution is -2.49. The van der Waals surface area contributed by atoms with Gasteiger partial charge >= 0.3 is 0 Å². The zero-order valence-corrected chi connectivity index (χ0v) is 18.7. The molecule has 2 aliphatic rings. The van der Waals surface area contributed by atoms with Crippen LogP contribution in [0.3, 0.4) is 0 Å². The second-order valence-electron chi connectivity index (χ2n) is 7.78. The molecular weight excluding hydrogens is 424 g/mol. The van der Waals surface area contributed by atoms with Crippen LogP contribution in [-0.2, 0) is 9.53 Å². The van der Waals surface area contributed by atoms with Gasteiger partial charge in [-0.1, -0.05) is 30.0 Å². The summed E-state index contributed by atoms with van der Waals surface area (Å²) in [6, 6.07) is 13.8. The van der Waals surface area contributed by atoms with Gasteiger partial charge in [0.1, 0.15) is 10.8 Å². The Kier molecular flexibility index (Phi) is 6.36. The van der Waals surface area contributed by atoms with Crippen molar-refractivity contribution < 1.29 is 9.53 Å². The molecule has 2 aliphatic heterocycles. The van der Waals surface area contributed by atoms with Crippen molar-refractivity contribution in [3.8, 4) is 0 Å². The van der Waals surface area contributed by atoms with E-state index in [1.165, 1.54) is 11.8 Å². The van der Waals surface area contributed by atoms with Crippen LogP contribution in [0, 0.1) is 0 Å². The Bertz CT molecular complexity index is 1070. The van der Waals surface area contributed by atoms with Crippen LogP contribution in [0.15, 0.2) is 53.7 Å². The van der Waals surface area contributed by atoms with E-state index in [0.717, 1.165) is 53.9 Å². The number of hydrogen-bond acceptors (Lipinski definition) is 8. The molecule has 9 heteroatoms. The van der Waals surface area contributed by atoms with Gasteiger partial charge in [-0.05, 0) is 24.3 Å². The SMILES string of the molecule is O=C(CSc1nc2ccccc2nc1N1CCOCC1)N1CCN(c2ccccn2)CC1. The van der Waals surface area contributed by atoms with E-state index in [-0.39, 0.29) is 5.91 Å². The molecule has 4 heterocycles. The van der Waals surface area contributed by atoms with Crippen molar-refractivity contribution >= 4 is 40.3 Å². The van der Waals surface area contributed by atoms with Crippen molar-refractivity contribution in [3.63, 3.8) is 0 Å². The van der Waals surface area contributed by atoms with Crippen molar-refractivity contribution in [2.75, 3.05) is 68.0 Å². The molecule has 0 bridgehead atoms. The molecule has 0 saturated carbocycles. The van der Waals surface area contributed by atoms with Crippen LogP contribution in [0.4, 0.5) is 11.6 Å². The fourth-order valence-electron chi connectivity index (χ4n) is 4.00. The van der Waals surface area contributed by atoms with E-state index in [2.05, 4.69) is 14.8 Å². The number of anilines is 2. The molecule has 2 saturated heterocycles. The summed E-state index contributed by atoms with van der Waals surface area (Å²) in [6.45, 7) is 5.92. The minimum atomic E-state index is 0.138. The molecule has 166 valence electrons. The lowest BCUT2D eigenvalue weighted by Gasteiger charge is -2.35. The topological polar surface area (TPSA) is 74.7 Å². The molecule has 32 heavy (non-hydrogen) atoms. The number of nitrogens with zero attached hydrogens (tertiary/aromatic N) is 6. The van der Waals surface area contributed by atoms with E-state index in [1.807, 2.05) is 47.4 Å². The molecular formula is C23H26N6O2S. The number of fused-ring (bicyclic) bond motifs is 1. The average molecular weight is 451 g/mol. The number of para-hydroxylation sites is 2. The summed E-state index contributed by atoms with van der Waals surface area (Å²) in [7, 11) is 0. The number of aromatic nitrogens is 3. The maximum absolute atomic E-state index is 13.0. The van der Waals surface area contributed by atoms with Crippen LogP contribution in [-0.4, -0.2) is 84.0 Å². The van der Waals surface area contributed by atoms with Gasteiger partial charge in [0.25, 0.3) is 0 Å². The average Bonchev–Trinajstić information content (AvgIpc) is 2.88. The highest BCUT2D eigenvalue weighted by molar-refractivity contribution is 8.00. The fourth-order valence-corrected chi connectivity index (χ4v) is 4.91. The highest BCUT2D eigenvalue weighted by Gasteiger charge is 2.24. The quantitative estimate of drug-likeness (QED) is 0.549. The summed E-state index contributed by atoms with van der Waals surface area (Å²) in [6.07, 6.45) is 1.81. The number of amides is 1. The number of rotatable bonds is 5. The standard InChI is InChI=1S/C23H26N6O2S/c30-21(28-11-9-27(10-12-28)20-7-3-4-8-24-20)17-32-23-22(29-13-15-31-16-14-29)25-18-5-1-2-6-19(18)26-23/h1-8H,9-17H2. The Morgan fingerprint density at radius 3 is 2.31 bits per heavy atom. The molecule has 2 aromatic heterocycles. The Balaban J connectivity index is 1.26. The van der Waals surface area contributed by atoms with Crippen LogP contribution < -0.4 is 9.80 Å². The third-order valence-corrected chi connectivity index (χ3v) is 6.71. The molecule has 0 spiro atoms. The van der Waals surface area contributed by atoms with Crippen LogP contribution in [0.1, 0.15) is 0 Å². The number of pyridine rings is 1. The zero-order chi connectivity index (χ0) is 21.8. The number of carbonyl (C=O) groups is 1. The molecule has 0 unspecified atom stereocenters. The summed E-state index contributed by atoms with van der Waals surface area (Å²) in [5, 5.41) is 0.811. The Morgan fingerprint density at radius 2 is 1.59 bits per heavy atom. The molecule has 5 rings (SSSR count). The number of carbonyl (C=O) groups excluding carboxylic acids is 1. The van der Waals surface area contributed by atoms with Gasteiger partial charge in [-0.25, -0.2) is 15.0 Å². The molecule has 0 atom stereocenters. The molecule has 2 fully saturated rings. The van der Waals surface area contributed by atoms with Gasteiger partial charge < -0.3 is 19.4 Å². The highest BCUT2D eigenvalue weighted by Crippen LogP contribution is 2.30. The summed E-state index contributed by atoms with van der Waals surface area (Å²) in [4.78, 5) is 33.5. The number of ether oxygens (including phenoxy) is 1.